The average Bonchev–Trinajstić information content (AvgIpc) is 2.48. The second kappa shape index (κ2) is 5.47. The molecule has 94 valence electrons. The molecule has 0 amide bonds. The summed E-state index contributed by atoms with van der Waals surface area (Å²) in [5.74, 6) is 0. The van der Waals surface area contributed by atoms with Crippen molar-refractivity contribution >= 4 is 13.6 Å². The van der Waals surface area contributed by atoms with Gasteiger partial charge in [-0.2, -0.15) is 0 Å². The maximum atomic E-state index is 9.75. The van der Waals surface area contributed by atoms with Crippen LogP contribution in [0.5, 0.6) is 0 Å². The number of rotatable bonds is 2. The van der Waals surface area contributed by atoms with Crippen LogP contribution in [0.1, 0.15) is 27.7 Å². The van der Waals surface area contributed by atoms with Crippen molar-refractivity contribution in [2.45, 2.75) is 39.8 Å². The second-order valence-electron chi connectivity index (χ2n) is 4.14. The van der Waals surface area contributed by atoms with Crippen molar-refractivity contribution in [1.29, 1.82) is 0 Å². The highest BCUT2D eigenvalue weighted by atomic mass is 19.5. The van der Waals surface area contributed by atoms with E-state index in [1.54, 1.807) is 0 Å². The van der Waals surface area contributed by atoms with Crippen LogP contribution in [-0.4, -0.2) is 30.2 Å². The standard InChI is InChI=1S/C9H17N2.BF4/c1-8(2)11(9(3)4)6-5-10-7-11;2-1(3,4)5/h5-9H,1-4H3;/q+1;-1. The zero-order valence-corrected chi connectivity index (χ0v) is 9.87. The number of quaternary nitrogens is 1. The van der Waals surface area contributed by atoms with Crippen molar-refractivity contribution in [1.82, 2.24) is 0 Å². The first-order chi connectivity index (χ1) is 7.09. The van der Waals surface area contributed by atoms with Crippen LogP contribution in [0.25, 0.3) is 0 Å². The molecule has 0 aliphatic carbocycles. The molecule has 0 aromatic heterocycles. The van der Waals surface area contributed by atoms with Gasteiger partial charge in [-0.05, 0) is 27.7 Å². The molecule has 0 unspecified atom stereocenters. The monoisotopic (exact) mass is 240 g/mol. The van der Waals surface area contributed by atoms with Crippen LogP contribution in [0.4, 0.5) is 17.3 Å². The molecule has 0 spiro atoms. The smallest absolute Gasteiger partial charge is 0.418 e. The summed E-state index contributed by atoms with van der Waals surface area (Å²) >= 11 is 0. The van der Waals surface area contributed by atoms with Crippen LogP contribution in [0.15, 0.2) is 17.4 Å². The molecular formula is C9H17BF4N2. The minimum Gasteiger partial charge on any atom is -0.418 e. The van der Waals surface area contributed by atoms with Gasteiger partial charge in [0.25, 0.3) is 0 Å². The van der Waals surface area contributed by atoms with E-state index in [1.807, 2.05) is 12.5 Å². The van der Waals surface area contributed by atoms with E-state index in [9.17, 15) is 17.3 Å². The van der Waals surface area contributed by atoms with Crippen LogP contribution in [0.2, 0.25) is 0 Å². The van der Waals surface area contributed by atoms with Crippen LogP contribution in [-0.2, 0) is 0 Å². The third-order valence-corrected chi connectivity index (χ3v) is 2.47. The highest BCUT2D eigenvalue weighted by Crippen LogP contribution is 2.21. The predicted octanol–water partition coefficient (Wildman–Crippen LogP) is 3.43. The number of halogens is 4. The van der Waals surface area contributed by atoms with Crippen molar-refractivity contribution in [3.8, 4) is 0 Å². The maximum absolute atomic E-state index is 9.75. The molecule has 0 aromatic rings. The Bertz CT molecular complexity index is 243. The minimum atomic E-state index is -6.00. The maximum Gasteiger partial charge on any atom is 0.673 e. The van der Waals surface area contributed by atoms with Gasteiger partial charge in [0, 0.05) is 0 Å². The topological polar surface area (TPSA) is 12.4 Å². The Labute approximate surface area is 93.4 Å². The quantitative estimate of drug-likeness (QED) is 0.398. The van der Waals surface area contributed by atoms with Gasteiger partial charge in [-0.25, -0.2) is 9.48 Å². The van der Waals surface area contributed by atoms with Crippen LogP contribution < -0.4 is 0 Å². The average molecular weight is 240 g/mol. The second-order valence-corrected chi connectivity index (χ2v) is 4.14. The van der Waals surface area contributed by atoms with Crippen molar-refractivity contribution in [2.24, 2.45) is 4.99 Å². The highest BCUT2D eigenvalue weighted by molar-refractivity contribution is 6.50. The molecular weight excluding hydrogens is 223 g/mol. The first kappa shape index (κ1) is 15.2. The van der Waals surface area contributed by atoms with E-state index in [0.29, 0.717) is 12.1 Å². The summed E-state index contributed by atoms with van der Waals surface area (Å²) < 4.78 is 39.9. The summed E-state index contributed by atoms with van der Waals surface area (Å²) in [5, 5.41) is 0. The fourth-order valence-electron chi connectivity index (χ4n) is 1.55. The highest BCUT2D eigenvalue weighted by Gasteiger charge is 2.33. The van der Waals surface area contributed by atoms with Gasteiger partial charge in [-0.3, -0.25) is 0 Å². The lowest BCUT2D eigenvalue weighted by molar-refractivity contribution is -0.826. The molecule has 0 aromatic carbocycles. The van der Waals surface area contributed by atoms with Crippen molar-refractivity contribution < 1.29 is 21.7 Å². The lowest BCUT2D eigenvalue weighted by Gasteiger charge is -2.35. The molecule has 0 N–H and O–H groups in total. The predicted molar refractivity (Wildman–Crippen MR) is 58.4 cm³/mol. The Balaban J connectivity index is 0.000000385. The summed E-state index contributed by atoms with van der Waals surface area (Å²) in [5.41, 5.74) is 0. The molecule has 1 heterocycles. The number of aliphatic imine (C=N–C) groups is 1. The van der Waals surface area contributed by atoms with Gasteiger partial charge in [0.05, 0.1) is 18.3 Å². The van der Waals surface area contributed by atoms with Gasteiger partial charge in [0.15, 0.2) is 6.34 Å². The van der Waals surface area contributed by atoms with Crippen LogP contribution in [0.3, 0.4) is 0 Å². The van der Waals surface area contributed by atoms with E-state index in [1.165, 1.54) is 0 Å². The number of nitrogens with zero attached hydrogens (tertiary/aromatic N) is 2. The zero-order valence-electron chi connectivity index (χ0n) is 9.87. The van der Waals surface area contributed by atoms with E-state index in [4.69, 9.17) is 0 Å². The fourth-order valence-corrected chi connectivity index (χ4v) is 1.55. The van der Waals surface area contributed by atoms with Gasteiger partial charge in [0.1, 0.15) is 6.20 Å². The lowest BCUT2D eigenvalue weighted by Crippen LogP contribution is -2.51. The third kappa shape index (κ3) is 4.78. The molecule has 0 bridgehead atoms. The van der Waals surface area contributed by atoms with E-state index in [0.717, 1.165) is 4.48 Å². The molecule has 7 heteroatoms. The summed E-state index contributed by atoms with van der Waals surface area (Å²) in [6, 6.07) is 1.16. The van der Waals surface area contributed by atoms with Crippen molar-refractivity contribution in [2.75, 3.05) is 0 Å². The summed E-state index contributed by atoms with van der Waals surface area (Å²) in [4.78, 5) is 4.15. The van der Waals surface area contributed by atoms with E-state index in [-0.39, 0.29) is 0 Å². The SMILES string of the molecule is CC(C)[N+]1(C(C)C)C=CN=C1.F[B-](F)(F)F. The molecule has 16 heavy (non-hydrogen) atoms. The lowest BCUT2D eigenvalue weighted by atomic mass is 10.2. The molecule has 0 fully saturated rings. The van der Waals surface area contributed by atoms with Gasteiger partial charge < -0.3 is 17.3 Å². The first-order valence-electron chi connectivity index (χ1n) is 5.06. The Morgan fingerprint density at radius 3 is 1.50 bits per heavy atom. The third-order valence-electron chi connectivity index (χ3n) is 2.47. The summed E-state index contributed by atoms with van der Waals surface area (Å²) in [7, 11) is -6.00. The van der Waals surface area contributed by atoms with Crippen molar-refractivity contribution in [3.05, 3.63) is 12.4 Å². The van der Waals surface area contributed by atoms with Crippen molar-refractivity contribution in [3.63, 3.8) is 0 Å². The Hall–Kier alpha value is -0.845. The largest absolute Gasteiger partial charge is 0.673 e. The zero-order chi connectivity index (χ0) is 13.0. The van der Waals surface area contributed by atoms with Gasteiger partial charge in [-0.15, -0.1) is 0 Å². The molecule has 1 rings (SSSR count). The van der Waals surface area contributed by atoms with E-state index >= 15 is 0 Å². The van der Waals surface area contributed by atoms with Crippen LogP contribution >= 0.6 is 0 Å². The van der Waals surface area contributed by atoms with E-state index < -0.39 is 7.25 Å². The van der Waals surface area contributed by atoms with Gasteiger partial charge in [-0.1, -0.05) is 0 Å². The van der Waals surface area contributed by atoms with Gasteiger partial charge in [0.2, 0.25) is 0 Å². The number of hydrogen-bond donors (Lipinski definition) is 0. The van der Waals surface area contributed by atoms with Gasteiger partial charge >= 0.3 is 7.25 Å². The molecule has 0 atom stereocenters. The Morgan fingerprint density at radius 2 is 1.38 bits per heavy atom. The summed E-state index contributed by atoms with van der Waals surface area (Å²) in [6.07, 6.45) is 6.07. The van der Waals surface area contributed by atoms with E-state index in [2.05, 4.69) is 38.9 Å². The molecule has 1 aliphatic heterocycles. The molecule has 1 aliphatic rings. The molecule has 0 radical (unpaired) electrons. The summed E-state index contributed by atoms with van der Waals surface area (Å²) in [6.45, 7) is 8.90. The fraction of sp³-hybridized carbons (Fsp3) is 0.667. The number of hydrogen-bond acceptors (Lipinski definition) is 1. The molecule has 2 nitrogen and oxygen atoms in total. The first-order valence-corrected chi connectivity index (χ1v) is 5.06. The molecule has 0 saturated heterocycles. The molecule has 0 saturated carbocycles. The minimum absolute atomic E-state index is 0.581. The Morgan fingerprint density at radius 1 is 1.00 bits per heavy atom. The Kier molecular flexibility index (Phi) is 5.18. The normalized spacial score (nSPS) is 17.9. The van der Waals surface area contributed by atoms with Crippen LogP contribution in [0, 0.1) is 0 Å².